The van der Waals surface area contributed by atoms with Crippen molar-refractivity contribution in [2.24, 2.45) is 0 Å². The van der Waals surface area contributed by atoms with E-state index < -0.39 is 0 Å². The molecule has 1 aliphatic rings. The number of hydrogen-bond acceptors (Lipinski definition) is 4. The van der Waals surface area contributed by atoms with E-state index >= 15 is 0 Å². The Labute approximate surface area is 143 Å². The number of aliphatic hydroxyl groups excluding tert-OH is 1. The van der Waals surface area contributed by atoms with E-state index in [4.69, 9.17) is 9.84 Å². The van der Waals surface area contributed by atoms with Gasteiger partial charge in [0.1, 0.15) is 12.4 Å². The first-order valence-corrected chi connectivity index (χ1v) is 8.82. The van der Waals surface area contributed by atoms with Crippen LogP contribution in [0.3, 0.4) is 0 Å². The SMILES string of the molecule is OCCc1cccc(CCCc2cncc(OC[C@@H]3CCN3)c2)c1. The summed E-state index contributed by atoms with van der Waals surface area (Å²) in [5, 5.41) is 12.4. The van der Waals surface area contributed by atoms with Crippen LogP contribution in [0.15, 0.2) is 42.7 Å². The Morgan fingerprint density at radius 3 is 2.62 bits per heavy atom. The van der Waals surface area contributed by atoms with Crippen LogP contribution in [0.25, 0.3) is 0 Å². The van der Waals surface area contributed by atoms with E-state index in [0.29, 0.717) is 6.04 Å². The van der Waals surface area contributed by atoms with Crippen LogP contribution in [0.1, 0.15) is 29.5 Å². The molecule has 24 heavy (non-hydrogen) atoms. The third kappa shape index (κ3) is 5.05. The summed E-state index contributed by atoms with van der Waals surface area (Å²) in [5.74, 6) is 0.867. The summed E-state index contributed by atoms with van der Waals surface area (Å²) in [7, 11) is 0. The van der Waals surface area contributed by atoms with Crippen molar-refractivity contribution in [1.82, 2.24) is 10.3 Å². The minimum Gasteiger partial charge on any atom is -0.490 e. The standard InChI is InChI=1S/C20H26N2O2/c23-10-8-17-5-1-3-16(11-17)4-2-6-18-12-20(14-21-13-18)24-15-19-7-9-22-19/h1,3,5,11-14,19,22-23H,2,4,6-10,15H2/t19-/m0/s1. The quantitative estimate of drug-likeness (QED) is 0.743. The molecule has 1 aromatic carbocycles. The predicted octanol–water partition coefficient (Wildman–Crippen LogP) is 2.53. The Kier molecular flexibility index (Phi) is 6.21. The van der Waals surface area contributed by atoms with Crippen molar-refractivity contribution in [2.75, 3.05) is 19.8 Å². The van der Waals surface area contributed by atoms with Gasteiger partial charge in [-0.1, -0.05) is 24.3 Å². The second kappa shape index (κ2) is 8.81. The van der Waals surface area contributed by atoms with Crippen molar-refractivity contribution in [2.45, 2.75) is 38.1 Å². The Morgan fingerprint density at radius 1 is 1.08 bits per heavy atom. The van der Waals surface area contributed by atoms with Gasteiger partial charge in [-0.15, -0.1) is 0 Å². The lowest BCUT2D eigenvalue weighted by molar-refractivity contribution is 0.217. The van der Waals surface area contributed by atoms with Crippen molar-refractivity contribution in [1.29, 1.82) is 0 Å². The van der Waals surface area contributed by atoms with Crippen molar-refractivity contribution in [3.8, 4) is 5.75 Å². The van der Waals surface area contributed by atoms with Crippen LogP contribution in [0.4, 0.5) is 0 Å². The molecule has 1 fully saturated rings. The predicted molar refractivity (Wildman–Crippen MR) is 95.4 cm³/mol. The zero-order valence-corrected chi connectivity index (χ0v) is 14.1. The molecule has 2 heterocycles. The van der Waals surface area contributed by atoms with E-state index in [2.05, 4.69) is 40.6 Å². The molecule has 0 radical (unpaired) electrons. The van der Waals surface area contributed by atoms with Crippen LogP contribution in [-0.4, -0.2) is 35.9 Å². The van der Waals surface area contributed by atoms with E-state index in [0.717, 1.165) is 44.6 Å². The fourth-order valence-electron chi connectivity index (χ4n) is 2.93. The van der Waals surface area contributed by atoms with Gasteiger partial charge in [0.2, 0.25) is 0 Å². The summed E-state index contributed by atoms with van der Waals surface area (Å²) in [6.45, 7) is 2.03. The summed E-state index contributed by atoms with van der Waals surface area (Å²) in [5.41, 5.74) is 3.76. The maximum atomic E-state index is 9.04. The number of aromatic nitrogens is 1. The number of pyridine rings is 1. The highest BCUT2D eigenvalue weighted by atomic mass is 16.5. The van der Waals surface area contributed by atoms with Gasteiger partial charge in [-0.3, -0.25) is 4.98 Å². The fourth-order valence-corrected chi connectivity index (χ4v) is 2.93. The highest BCUT2D eigenvalue weighted by Gasteiger charge is 2.16. The molecule has 0 saturated carbocycles. The van der Waals surface area contributed by atoms with E-state index in [1.54, 1.807) is 6.20 Å². The van der Waals surface area contributed by atoms with Gasteiger partial charge in [0, 0.05) is 18.8 Å². The zero-order valence-electron chi connectivity index (χ0n) is 14.1. The van der Waals surface area contributed by atoms with E-state index in [1.807, 2.05) is 6.20 Å². The van der Waals surface area contributed by atoms with E-state index in [1.165, 1.54) is 23.1 Å². The molecule has 2 aromatic rings. The Morgan fingerprint density at radius 2 is 1.88 bits per heavy atom. The van der Waals surface area contributed by atoms with E-state index in [-0.39, 0.29) is 6.61 Å². The third-order valence-electron chi connectivity index (χ3n) is 4.47. The first kappa shape index (κ1) is 16.9. The molecule has 1 aliphatic heterocycles. The largest absolute Gasteiger partial charge is 0.490 e. The number of ether oxygens (including phenoxy) is 1. The van der Waals surface area contributed by atoms with Gasteiger partial charge in [-0.05, 0) is 61.4 Å². The Hall–Kier alpha value is -1.91. The summed E-state index contributed by atoms with van der Waals surface area (Å²) < 4.78 is 5.81. The normalized spacial score (nSPS) is 16.6. The molecule has 3 rings (SSSR count). The maximum Gasteiger partial charge on any atom is 0.137 e. The minimum atomic E-state index is 0.207. The van der Waals surface area contributed by atoms with E-state index in [9.17, 15) is 0 Å². The van der Waals surface area contributed by atoms with Gasteiger partial charge < -0.3 is 15.2 Å². The molecule has 1 saturated heterocycles. The molecule has 2 N–H and O–H groups in total. The fraction of sp³-hybridized carbons (Fsp3) is 0.450. The molecular formula is C20H26N2O2. The number of rotatable bonds is 9. The molecule has 0 amide bonds. The smallest absolute Gasteiger partial charge is 0.137 e. The average Bonchev–Trinajstić information content (AvgIpc) is 2.55. The van der Waals surface area contributed by atoms with Gasteiger partial charge in [-0.25, -0.2) is 0 Å². The maximum absolute atomic E-state index is 9.04. The number of benzene rings is 1. The van der Waals surface area contributed by atoms with Crippen LogP contribution in [0.2, 0.25) is 0 Å². The first-order valence-electron chi connectivity index (χ1n) is 8.82. The average molecular weight is 326 g/mol. The number of aryl methyl sites for hydroxylation is 2. The van der Waals surface area contributed by atoms with Crippen LogP contribution in [0, 0.1) is 0 Å². The highest BCUT2D eigenvalue weighted by molar-refractivity contribution is 5.25. The number of nitrogens with zero attached hydrogens (tertiary/aromatic N) is 1. The van der Waals surface area contributed by atoms with Gasteiger partial charge in [0.05, 0.1) is 6.20 Å². The van der Waals surface area contributed by atoms with Gasteiger partial charge in [0.25, 0.3) is 0 Å². The molecule has 4 heteroatoms. The number of nitrogens with one attached hydrogen (secondary N) is 1. The summed E-state index contributed by atoms with van der Waals surface area (Å²) in [6, 6.07) is 11.1. The Bertz CT molecular complexity index is 641. The monoisotopic (exact) mass is 326 g/mol. The molecule has 1 atom stereocenters. The second-order valence-electron chi connectivity index (χ2n) is 6.43. The second-order valence-corrected chi connectivity index (χ2v) is 6.43. The molecule has 0 aliphatic carbocycles. The summed E-state index contributed by atoms with van der Waals surface area (Å²) in [4.78, 5) is 4.30. The van der Waals surface area contributed by atoms with Crippen molar-refractivity contribution in [3.05, 3.63) is 59.4 Å². The van der Waals surface area contributed by atoms with Crippen LogP contribution < -0.4 is 10.1 Å². The molecular weight excluding hydrogens is 300 g/mol. The molecule has 1 aromatic heterocycles. The number of hydrogen-bond donors (Lipinski definition) is 2. The summed E-state index contributed by atoms with van der Waals surface area (Å²) in [6.07, 6.45) is 8.76. The highest BCUT2D eigenvalue weighted by Crippen LogP contribution is 2.16. The topological polar surface area (TPSA) is 54.4 Å². The van der Waals surface area contributed by atoms with Crippen molar-refractivity contribution >= 4 is 0 Å². The van der Waals surface area contributed by atoms with Gasteiger partial charge >= 0.3 is 0 Å². The summed E-state index contributed by atoms with van der Waals surface area (Å²) >= 11 is 0. The van der Waals surface area contributed by atoms with Crippen LogP contribution in [-0.2, 0) is 19.3 Å². The lowest BCUT2D eigenvalue weighted by atomic mass is 10.0. The van der Waals surface area contributed by atoms with Gasteiger partial charge in [0.15, 0.2) is 0 Å². The molecule has 0 bridgehead atoms. The lowest BCUT2D eigenvalue weighted by Crippen LogP contribution is -2.46. The lowest BCUT2D eigenvalue weighted by Gasteiger charge is -2.27. The van der Waals surface area contributed by atoms with Crippen LogP contribution in [0.5, 0.6) is 5.75 Å². The first-order chi connectivity index (χ1) is 11.8. The van der Waals surface area contributed by atoms with Crippen molar-refractivity contribution in [3.63, 3.8) is 0 Å². The minimum absolute atomic E-state index is 0.207. The van der Waals surface area contributed by atoms with Crippen molar-refractivity contribution < 1.29 is 9.84 Å². The Balaban J connectivity index is 1.46. The van der Waals surface area contributed by atoms with Gasteiger partial charge in [-0.2, -0.15) is 0 Å². The number of aliphatic hydroxyl groups is 1. The molecule has 4 nitrogen and oxygen atoms in total. The molecule has 0 spiro atoms. The molecule has 128 valence electrons. The third-order valence-corrected chi connectivity index (χ3v) is 4.47. The molecule has 0 unspecified atom stereocenters. The zero-order chi connectivity index (χ0) is 16.6. The van der Waals surface area contributed by atoms with Crippen LogP contribution >= 0.6 is 0 Å².